The van der Waals surface area contributed by atoms with E-state index in [9.17, 15) is 0 Å². The van der Waals surface area contributed by atoms with Crippen LogP contribution in [0.3, 0.4) is 0 Å². The van der Waals surface area contributed by atoms with Crippen LogP contribution in [-0.2, 0) is 12.8 Å². The summed E-state index contributed by atoms with van der Waals surface area (Å²) in [5.74, 6) is 0.602. The zero-order valence-corrected chi connectivity index (χ0v) is 26.2. The van der Waals surface area contributed by atoms with E-state index in [0.29, 0.717) is 13.4 Å². The van der Waals surface area contributed by atoms with E-state index in [2.05, 4.69) is 84.2 Å². The SMILES string of the molecule is Clc1ccc2c(c1-c1ccccc1Br)CC=C2.Clc1ccc2c(c1Br)CC=C2.O[B]Oc1ccccc1Br. The Morgan fingerprint density at radius 1 is 0.684 bits per heavy atom. The molecule has 0 unspecified atom stereocenters. The van der Waals surface area contributed by atoms with Gasteiger partial charge >= 0.3 is 7.69 Å². The Labute approximate surface area is 259 Å². The Hall–Kier alpha value is -1.80. The van der Waals surface area contributed by atoms with Crippen molar-refractivity contribution < 1.29 is 9.68 Å². The third-order valence-electron chi connectivity index (χ3n) is 5.93. The molecule has 0 atom stereocenters. The molecule has 0 saturated heterocycles. The molecule has 0 aliphatic heterocycles. The summed E-state index contributed by atoms with van der Waals surface area (Å²) in [5, 5.41) is 9.89. The van der Waals surface area contributed by atoms with E-state index in [1.54, 1.807) is 6.07 Å². The molecule has 1 N–H and O–H groups in total. The summed E-state index contributed by atoms with van der Waals surface area (Å²) in [6.45, 7) is 0. The highest BCUT2D eigenvalue weighted by molar-refractivity contribution is 9.11. The molecule has 0 amide bonds. The van der Waals surface area contributed by atoms with Gasteiger partial charge in [-0.25, -0.2) is 0 Å². The molecular formula is C30H21BBr3Cl2O2. The number of para-hydroxylation sites is 1. The van der Waals surface area contributed by atoms with Gasteiger partial charge in [-0.1, -0.05) is 106 Å². The molecule has 0 bridgehead atoms. The van der Waals surface area contributed by atoms with Crippen LogP contribution in [0.5, 0.6) is 5.75 Å². The smallest absolute Gasteiger partial charge is 0.537 e. The average molecular weight is 735 g/mol. The zero-order chi connectivity index (χ0) is 27.1. The van der Waals surface area contributed by atoms with Gasteiger partial charge in [0.05, 0.1) is 9.50 Å². The number of fused-ring (bicyclic) bond motifs is 2. The summed E-state index contributed by atoms with van der Waals surface area (Å²) >= 11 is 22.6. The fourth-order valence-corrected chi connectivity index (χ4v) is 5.98. The van der Waals surface area contributed by atoms with Crippen LogP contribution in [0, 0.1) is 0 Å². The second-order valence-electron chi connectivity index (χ2n) is 8.27. The monoisotopic (exact) mass is 731 g/mol. The van der Waals surface area contributed by atoms with Crippen LogP contribution >= 0.6 is 71.0 Å². The first-order valence-corrected chi connectivity index (χ1v) is 14.8. The summed E-state index contributed by atoms with van der Waals surface area (Å²) in [6.07, 6.45) is 10.6. The van der Waals surface area contributed by atoms with Crippen LogP contribution in [0.1, 0.15) is 22.3 Å². The van der Waals surface area contributed by atoms with Gasteiger partial charge in [-0.15, -0.1) is 0 Å². The molecule has 2 nitrogen and oxygen atoms in total. The molecule has 0 saturated carbocycles. The summed E-state index contributed by atoms with van der Waals surface area (Å²) in [4.78, 5) is 0. The lowest BCUT2D eigenvalue weighted by Crippen LogP contribution is -1.99. The molecule has 2 aliphatic rings. The van der Waals surface area contributed by atoms with Gasteiger partial charge in [0.2, 0.25) is 0 Å². The van der Waals surface area contributed by atoms with Crippen LogP contribution in [0.4, 0.5) is 0 Å². The number of hydrogen-bond donors (Lipinski definition) is 1. The molecule has 0 fully saturated rings. The summed E-state index contributed by atoms with van der Waals surface area (Å²) < 4.78 is 7.67. The number of benzene rings is 4. The maximum atomic E-state index is 8.28. The van der Waals surface area contributed by atoms with Crippen LogP contribution in [0.25, 0.3) is 23.3 Å². The molecule has 0 aromatic heterocycles. The number of rotatable bonds is 3. The van der Waals surface area contributed by atoms with Crippen molar-refractivity contribution in [2.75, 3.05) is 0 Å². The van der Waals surface area contributed by atoms with Gasteiger partial charge in [0.1, 0.15) is 5.75 Å². The Bertz CT molecular complexity index is 1510. The highest BCUT2D eigenvalue weighted by Gasteiger charge is 2.16. The Balaban J connectivity index is 0.000000140. The van der Waals surface area contributed by atoms with Crippen molar-refractivity contribution in [3.63, 3.8) is 0 Å². The fraction of sp³-hybridized carbons (Fsp3) is 0.0667. The second kappa shape index (κ2) is 14.0. The molecule has 2 aliphatic carbocycles. The van der Waals surface area contributed by atoms with Gasteiger partial charge in [-0.2, -0.15) is 0 Å². The van der Waals surface area contributed by atoms with E-state index in [1.807, 2.05) is 54.6 Å². The van der Waals surface area contributed by atoms with Crippen LogP contribution < -0.4 is 4.65 Å². The first-order chi connectivity index (χ1) is 18.4. The van der Waals surface area contributed by atoms with E-state index in [-0.39, 0.29) is 0 Å². The van der Waals surface area contributed by atoms with Gasteiger partial charge in [0.25, 0.3) is 0 Å². The fourth-order valence-electron chi connectivity index (χ4n) is 4.14. The molecule has 4 aromatic rings. The second-order valence-corrected chi connectivity index (χ2v) is 11.6. The lowest BCUT2D eigenvalue weighted by atomic mass is 9.96. The van der Waals surface area contributed by atoms with Crippen LogP contribution in [0.15, 0.2) is 98.4 Å². The lowest BCUT2D eigenvalue weighted by Gasteiger charge is -2.12. The summed E-state index contributed by atoms with van der Waals surface area (Å²) in [6, 6.07) is 23.5. The van der Waals surface area contributed by atoms with Crippen molar-refractivity contribution in [2.24, 2.45) is 0 Å². The third kappa shape index (κ3) is 7.04. The van der Waals surface area contributed by atoms with Gasteiger partial charge in [-0.3, -0.25) is 0 Å². The topological polar surface area (TPSA) is 29.5 Å². The highest BCUT2D eigenvalue weighted by Crippen LogP contribution is 2.40. The molecular weight excluding hydrogens is 714 g/mol. The van der Waals surface area contributed by atoms with E-state index in [1.165, 1.54) is 22.3 Å². The van der Waals surface area contributed by atoms with Crippen molar-refractivity contribution in [1.82, 2.24) is 0 Å². The van der Waals surface area contributed by atoms with Gasteiger partial charge < -0.3 is 9.68 Å². The van der Waals surface area contributed by atoms with Crippen LogP contribution in [-0.4, -0.2) is 12.7 Å². The predicted octanol–water partition coefficient (Wildman–Crippen LogP) is 10.4. The normalized spacial score (nSPS) is 12.1. The Morgan fingerprint density at radius 2 is 1.26 bits per heavy atom. The molecule has 38 heavy (non-hydrogen) atoms. The molecule has 6 rings (SSSR count). The van der Waals surface area contributed by atoms with Gasteiger partial charge in [-0.05, 0) is 103 Å². The molecule has 191 valence electrons. The minimum atomic E-state index is 0.602. The number of hydrogen-bond acceptors (Lipinski definition) is 2. The number of halogens is 5. The molecule has 0 spiro atoms. The minimum Gasteiger partial charge on any atom is -0.537 e. The van der Waals surface area contributed by atoms with Crippen molar-refractivity contribution in [3.05, 3.63) is 131 Å². The maximum Gasteiger partial charge on any atom is 0.569 e. The van der Waals surface area contributed by atoms with Crippen molar-refractivity contribution in [3.8, 4) is 16.9 Å². The number of allylic oxidation sites excluding steroid dienone is 2. The molecule has 4 aromatic carbocycles. The quantitative estimate of drug-likeness (QED) is 0.213. The molecule has 0 heterocycles. The first kappa shape index (κ1) is 29.2. The van der Waals surface area contributed by atoms with Gasteiger partial charge in [0.15, 0.2) is 0 Å². The zero-order valence-electron chi connectivity index (χ0n) is 20.0. The maximum absolute atomic E-state index is 8.28. The molecule has 1 radical (unpaired) electrons. The standard InChI is InChI=1S/C15H10BrCl.C9H6BrCl.C6H5BBrO2/c16-13-7-2-1-5-12(13)15-11-6-3-4-10(11)8-9-14(15)17;10-9-7-3-1-2-6(7)4-5-8(9)11;8-5-3-1-2-4-6(5)10-7-9/h1-5,7-9H,6H2;1-2,4-5H,3H2;1-4,9H. The van der Waals surface area contributed by atoms with E-state index in [4.69, 9.17) is 32.9 Å². The van der Waals surface area contributed by atoms with Gasteiger partial charge in [0, 0.05) is 19.5 Å². The highest BCUT2D eigenvalue weighted by atomic mass is 79.9. The first-order valence-electron chi connectivity index (χ1n) is 11.6. The third-order valence-corrected chi connectivity index (χ3v) is 9.04. The molecule has 8 heteroatoms. The largest absolute Gasteiger partial charge is 0.569 e. The van der Waals surface area contributed by atoms with E-state index >= 15 is 0 Å². The Kier molecular flexibility index (Phi) is 10.8. The van der Waals surface area contributed by atoms with E-state index < -0.39 is 0 Å². The van der Waals surface area contributed by atoms with E-state index in [0.717, 1.165) is 47.4 Å². The Morgan fingerprint density at radius 3 is 1.92 bits per heavy atom. The summed E-state index contributed by atoms with van der Waals surface area (Å²) in [7, 11) is 0.653. The lowest BCUT2D eigenvalue weighted by molar-refractivity contribution is 0.452. The van der Waals surface area contributed by atoms with Crippen molar-refractivity contribution in [2.45, 2.75) is 12.8 Å². The summed E-state index contributed by atoms with van der Waals surface area (Å²) in [5.41, 5.74) is 7.50. The van der Waals surface area contributed by atoms with Crippen molar-refractivity contribution in [1.29, 1.82) is 0 Å². The predicted molar refractivity (Wildman–Crippen MR) is 172 cm³/mol. The average Bonchev–Trinajstić information content (AvgIpc) is 3.59. The van der Waals surface area contributed by atoms with Crippen molar-refractivity contribution >= 4 is 90.8 Å². The van der Waals surface area contributed by atoms with Crippen LogP contribution in [0.2, 0.25) is 10.0 Å². The minimum absolute atomic E-state index is 0.602.